The molecule has 1 unspecified atom stereocenters. The largest absolute Gasteiger partial charge is 0.423 e. The Morgan fingerprint density at radius 3 is 2.79 bits per heavy atom. The highest BCUT2D eigenvalue weighted by atomic mass is 32.2. The van der Waals surface area contributed by atoms with Gasteiger partial charge in [-0.1, -0.05) is 6.92 Å². The van der Waals surface area contributed by atoms with Crippen LogP contribution >= 0.6 is 11.8 Å². The van der Waals surface area contributed by atoms with Crippen molar-refractivity contribution in [1.82, 2.24) is 0 Å². The van der Waals surface area contributed by atoms with Crippen molar-refractivity contribution in [2.75, 3.05) is 5.75 Å². The summed E-state index contributed by atoms with van der Waals surface area (Å²) in [6.07, 6.45) is 0. The zero-order valence-corrected chi connectivity index (χ0v) is 12.0. The standard InChI is InChI=1S/C15H16O3S/c1-9-6-15(17)18-14-7-12(4-5-13(9)14)19-8-10(2)11(3)16/h4-7,10H,8H2,1-3H3. The summed E-state index contributed by atoms with van der Waals surface area (Å²) >= 11 is 1.60. The number of aryl methyl sites for hydroxylation is 1. The van der Waals surface area contributed by atoms with Crippen molar-refractivity contribution in [3.05, 3.63) is 40.2 Å². The van der Waals surface area contributed by atoms with Gasteiger partial charge >= 0.3 is 5.63 Å². The Balaban J connectivity index is 2.27. The van der Waals surface area contributed by atoms with Gasteiger partial charge in [0.05, 0.1) is 0 Å². The summed E-state index contributed by atoms with van der Waals surface area (Å²) in [5.74, 6) is 0.956. The Morgan fingerprint density at radius 1 is 1.37 bits per heavy atom. The van der Waals surface area contributed by atoms with Crippen LogP contribution in [0.4, 0.5) is 0 Å². The lowest BCUT2D eigenvalue weighted by molar-refractivity contribution is -0.119. The smallest absolute Gasteiger partial charge is 0.336 e. The van der Waals surface area contributed by atoms with E-state index in [0.29, 0.717) is 5.58 Å². The number of carbonyl (C=O) groups excluding carboxylic acids is 1. The molecule has 0 saturated heterocycles. The molecule has 0 N–H and O–H groups in total. The summed E-state index contributed by atoms with van der Waals surface area (Å²) in [5, 5.41) is 0.948. The molecule has 1 atom stereocenters. The summed E-state index contributed by atoms with van der Waals surface area (Å²) in [7, 11) is 0. The van der Waals surface area contributed by atoms with Gasteiger partial charge in [-0.2, -0.15) is 0 Å². The molecule has 0 aliphatic rings. The predicted molar refractivity (Wildman–Crippen MR) is 77.8 cm³/mol. The number of ketones is 1. The Bertz CT molecular complexity index is 673. The molecule has 0 radical (unpaired) electrons. The zero-order valence-electron chi connectivity index (χ0n) is 11.2. The molecule has 2 rings (SSSR count). The molecule has 0 aliphatic carbocycles. The lowest BCUT2D eigenvalue weighted by atomic mass is 10.1. The number of rotatable bonds is 4. The van der Waals surface area contributed by atoms with Crippen LogP contribution in [0, 0.1) is 12.8 Å². The van der Waals surface area contributed by atoms with Gasteiger partial charge in [0.25, 0.3) is 0 Å². The molecule has 3 nitrogen and oxygen atoms in total. The molecule has 1 aromatic heterocycles. The summed E-state index contributed by atoms with van der Waals surface area (Å²) in [6, 6.07) is 7.30. The number of hydrogen-bond donors (Lipinski definition) is 0. The molecule has 0 spiro atoms. The van der Waals surface area contributed by atoms with Crippen molar-refractivity contribution < 1.29 is 9.21 Å². The van der Waals surface area contributed by atoms with Crippen LogP contribution in [0.15, 0.2) is 38.4 Å². The maximum Gasteiger partial charge on any atom is 0.336 e. The van der Waals surface area contributed by atoms with Gasteiger partial charge in [-0.05, 0) is 37.6 Å². The average Bonchev–Trinajstić information content (AvgIpc) is 2.35. The van der Waals surface area contributed by atoms with Crippen molar-refractivity contribution in [3.8, 4) is 0 Å². The lowest BCUT2D eigenvalue weighted by Crippen LogP contribution is -2.08. The monoisotopic (exact) mass is 276 g/mol. The summed E-state index contributed by atoms with van der Waals surface area (Å²) in [4.78, 5) is 23.6. The molecule has 0 bridgehead atoms. The van der Waals surface area contributed by atoms with Crippen molar-refractivity contribution >= 4 is 28.5 Å². The van der Waals surface area contributed by atoms with Crippen LogP contribution in [-0.4, -0.2) is 11.5 Å². The zero-order chi connectivity index (χ0) is 14.0. The van der Waals surface area contributed by atoms with Gasteiger partial charge < -0.3 is 4.42 Å². The Morgan fingerprint density at radius 2 is 2.11 bits per heavy atom. The second kappa shape index (κ2) is 5.61. The first-order valence-corrected chi connectivity index (χ1v) is 7.13. The van der Waals surface area contributed by atoms with E-state index >= 15 is 0 Å². The lowest BCUT2D eigenvalue weighted by Gasteiger charge is -2.08. The number of Topliss-reactive ketones (excluding diaryl/α,β-unsaturated/α-hetero) is 1. The Kier molecular flexibility index (Phi) is 4.10. The van der Waals surface area contributed by atoms with Gasteiger partial charge in [0.15, 0.2) is 0 Å². The third-order valence-corrected chi connectivity index (χ3v) is 4.37. The van der Waals surface area contributed by atoms with Gasteiger partial charge in [0, 0.05) is 28.0 Å². The van der Waals surface area contributed by atoms with Gasteiger partial charge in [-0.25, -0.2) is 4.79 Å². The normalized spacial score (nSPS) is 12.6. The van der Waals surface area contributed by atoms with Crippen LogP contribution in [0.3, 0.4) is 0 Å². The van der Waals surface area contributed by atoms with E-state index in [2.05, 4.69) is 0 Å². The molecular weight excluding hydrogens is 260 g/mol. The molecule has 0 saturated carbocycles. The van der Waals surface area contributed by atoms with Crippen molar-refractivity contribution in [2.45, 2.75) is 25.7 Å². The van der Waals surface area contributed by atoms with E-state index in [-0.39, 0.29) is 17.3 Å². The third kappa shape index (κ3) is 3.26. The van der Waals surface area contributed by atoms with E-state index in [1.165, 1.54) is 6.07 Å². The quantitative estimate of drug-likeness (QED) is 0.634. The minimum Gasteiger partial charge on any atom is -0.423 e. The maximum absolute atomic E-state index is 11.4. The minimum absolute atomic E-state index is 0.0326. The molecule has 2 aromatic rings. The molecule has 100 valence electrons. The molecule has 0 aliphatic heterocycles. The van der Waals surface area contributed by atoms with Crippen molar-refractivity contribution in [3.63, 3.8) is 0 Å². The first kappa shape index (κ1) is 13.9. The maximum atomic E-state index is 11.4. The number of carbonyl (C=O) groups is 1. The Hall–Kier alpha value is -1.55. The number of thioether (sulfide) groups is 1. The first-order chi connectivity index (χ1) is 8.97. The van der Waals surface area contributed by atoms with E-state index in [9.17, 15) is 9.59 Å². The van der Waals surface area contributed by atoms with Crippen LogP contribution in [0.1, 0.15) is 19.4 Å². The second-order valence-corrected chi connectivity index (χ2v) is 5.82. The fourth-order valence-electron chi connectivity index (χ4n) is 1.73. The fourth-order valence-corrected chi connectivity index (χ4v) is 2.77. The van der Waals surface area contributed by atoms with E-state index < -0.39 is 0 Å². The highest BCUT2D eigenvalue weighted by Crippen LogP contribution is 2.26. The molecule has 4 heteroatoms. The topological polar surface area (TPSA) is 47.3 Å². The van der Waals surface area contributed by atoms with E-state index in [0.717, 1.165) is 21.6 Å². The molecule has 19 heavy (non-hydrogen) atoms. The Labute approximate surface area is 116 Å². The summed E-state index contributed by atoms with van der Waals surface area (Å²) in [6.45, 7) is 5.42. The summed E-state index contributed by atoms with van der Waals surface area (Å²) < 4.78 is 5.20. The van der Waals surface area contributed by atoms with Crippen LogP contribution in [0.25, 0.3) is 11.0 Å². The highest BCUT2D eigenvalue weighted by molar-refractivity contribution is 7.99. The number of benzene rings is 1. The third-order valence-electron chi connectivity index (χ3n) is 3.12. The van der Waals surface area contributed by atoms with Crippen molar-refractivity contribution in [2.24, 2.45) is 5.92 Å². The van der Waals surface area contributed by atoms with Gasteiger partial charge in [0.1, 0.15) is 11.4 Å². The van der Waals surface area contributed by atoms with Crippen LogP contribution in [0.2, 0.25) is 0 Å². The van der Waals surface area contributed by atoms with Crippen molar-refractivity contribution in [1.29, 1.82) is 0 Å². The van der Waals surface area contributed by atoms with Gasteiger partial charge in [0.2, 0.25) is 0 Å². The molecule has 0 amide bonds. The van der Waals surface area contributed by atoms with Crippen LogP contribution in [0.5, 0.6) is 0 Å². The number of hydrogen-bond acceptors (Lipinski definition) is 4. The molecule has 1 heterocycles. The van der Waals surface area contributed by atoms with Crippen LogP contribution in [-0.2, 0) is 4.79 Å². The van der Waals surface area contributed by atoms with Gasteiger partial charge in [-0.15, -0.1) is 11.8 Å². The molecular formula is C15H16O3S. The van der Waals surface area contributed by atoms with E-state index in [1.54, 1.807) is 18.7 Å². The average molecular weight is 276 g/mol. The minimum atomic E-state index is -0.329. The van der Waals surface area contributed by atoms with E-state index in [4.69, 9.17) is 4.42 Å². The predicted octanol–water partition coefficient (Wildman–Crippen LogP) is 3.42. The van der Waals surface area contributed by atoms with Crippen LogP contribution < -0.4 is 5.63 Å². The second-order valence-electron chi connectivity index (χ2n) is 4.73. The first-order valence-electron chi connectivity index (χ1n) is 6.15. The molecule has 0 fully saturated rings. The summed E-state index contributed by atoms with van der Waals surface area (Å²) in [5.41, 5.74) is 1.19. The molecule has 1 aromatic carbocycles. The van der Waals surface area contributed by atoms with E-state index in [1.807, 2.05) is 32.0 Å². The fraction of sp³-hybridized carbons (Fsp3) is 0.333. The number of fused-ring (bicyclic) bond motifs is 1. The highest BCUT2D eigenvalue weighted by Gasteiger charge is 2.09. The SMILES string of the molecule is CC(=O)C(C)CSc1ccc2c(C)cc(=O)oc2c1. The van der Waals surface area contributed by atoms with Gasteiger partial charge in [-0.3, -0.25) is 4.79 Å².